The first-order chi connectivity index (χ1) is 7.63. The van der Waals surface area contributed by atoms with Crippen LogP contribution in [0.15, 0.2) is 24.3 Å². The molecule has 2 rings (SSSR count). The Morgan fingerprint density at radius 2 is 2.31 bits per heavy atom. The zero-order chi connectivity index (χ0) is 11.7. The van der Waals surface area contributed by atoms with Gasteiger partial charge >= 0.3 is 0 Å². The summed E-state index contributed by atoms with van der Waals surface area (Å²) in [5.74, 6) is -1.07. The maximum Gasteiger partial charge on any atom is 0.241 e. The van der Waals surface area contributed by atoms with Crippen LogP contribution in [0.25, 0.3) is 0 Å². The van der Waals surface area contributed by atoms with Crippen molar-refractivity contribution in [1.82, 2.24) is 0 Å². The highest BCUT2D eigenvalue weighted by Crippen LogP contribution is 2.26. The Morgan fingerprint density at radius 3 is 2.88 bits per heavy atom. The molecule has 0 aliphatic carbocycles. The van der Waals surface area contributed by atoms with Crippen LogP contribution in [0.5, 0.6) is 0 Å². The maximum absolute atomic E-state index is 11.6. The molecule has 84 valence electrons. The van der Waals surface area contributed by atoms with Gasteiger partial charge in [0.1, 0.15) is 5.92 Å². The van der Waals surface area contributed by atoms with Crippen molar-refractivity contribution >= 4 is 29.1 Å². The van der Waals surface area contributed by atoms with E-state index in [1.807, 2.05) is 24.3 Å². The SMILES string of the molecule is NC(=O)C1CN(c2cccc(CCl)c2)C1=O. The van der Waals surface area contributed by atoms with Gasteiger partial charge in [0.2, 0.25) is 11.8 Å². The number of benzene rings is 1. The Hall–Kier alpha value is -1.55. The summed E-state index contributed by atoms with van der Waals surface area (Å²) in [6.07, 6.45) is 0. The molecule has 1 aliphatic heterocycles. The van der Waals surface area contributed by atoms with Crippen LogP contribution in [-0.4, -0.2) is 18.4 Å². The molecule has 0 spiro atoms. The van der Waals surface area contributed by atoms with Gasteiger partial charge in [-0.3, -0.25) is 9.59 Å². The van der Waals surface area contributed by atoms with Crippen LogP contribution in [0.1, 0.15) is 5.56 Å². The fraction of sp³-hybridized carbons (Fsp3) is 0.273. The van der Waals surface area contributed by atoms with Gasteiger partial charge in [0.05, 0.1) is 0 Å². The van der Waals surface area contributed by atoms with Crippen molar-refractivity contribution in [1.29, 1.82) is 0 Å². The molecule has 1 aromatic carbocycles. The van der Waals surface area contributed by atoms with E-state index in [4.69, 9.17) is 17.3 Å². The number of alkyl halides is 1. The van der Waals surface area contributed by atoms with Crippen molar-refractivity contribution in [2.45, 2.75) is 5.88 Å². The van der Waals surface area contributed by atoms with Gasteiger partial charge in [-0.25, -0.2) is 0 Å². The summed E-state index contributed by atoms with van der Waals surface area (Å²) in [5, 5.41) is 0. The predicted molar refractivity (Wildman–Crippen MR) is 61.0 cm³/mol. The number of nitrogens with zero attached hydrogens (tertiary/aromatic N) is 1. The Balaban J connectivity index is 2.16. The number of nitrogens with two attached hydrogens (primary N) is 1. The van der Waals surface area contributed by atoms with E-state index in [1.54, 1.807) is 0 Å². The highest BCUT2D eigenvalue weighted by Gasteiger charge is 2.41. The zero-order valence-corrected chi connectivity index (χ0v) is 9.28. The number of carbonyl (C=O) groups excluding carboxylic acids is 2. The summed E-state index contributed by atoms with van der Waals surface area (Å²) in [7, 11) is 0. The van der Waals surface area contributed by atoms with Crippen LogP contribution in [0.3, 0.4) is 0 Å². The lowest BCUT2D eigenvalue weighted by molar-refractivity contribution is -0.136. The van der Waals surface area contributed by atoms with E-state index in [1.165, 1.54) is 4.90 Å². The summed E-state index contributed by atoms with van der Waals surface area (Å²) < 4.78 is 0. The minimum Gasteiger partial charge on any atom is -0.369 e. The summed E-state index contributed by atoms with van der Waals surface area (Å²) in [4.78, 5) is 24.0. The number of primary amides is 1. The highest BCUT2D eigenvalue weighted by molar-refractivity contribution is 6.17. The van der Waals surface area contributed by atoms with Crippen LogP contribution in [0.2, 0.25) is 0 Å². The third kappa shape index (κ3) is 1.76. The fourth-order valence-electron chi connectivity index (χ4n) is 1.68. The summed E-state index contributed by atoms with van der Waals surface area (Å²) in [6, 6.07) is 7.36. The number of halogens is 1. The zero-order valence-electron chi connectivity index (χ0n) is 8.52. The van der Waals surface area contributed by atoms with Gasteiger partial charge in [-0.2, -0.15) is 0 Å². The number of hydrogen-bond donors (Lipinski definition) is 1. The number of amides is 2. The van der Waals surface area contributed by atoms with Crippen LogP contribution in [0.4, 0.5) is 5.69 Å². The van der Waals surface area contributed by atoms with Gasteiger partial charge in [0, 0.05) is 18.1 Å². The van der Waals surface area contributed by atoms with E-state index < -0.39 is 11.8 Å². The molecule has 0 radical (unpaired) electrons. The van der Waals surface area contributed by atoms with Gasteiger partial charge in [0.25, 0.3) is 0 Å². The molecule has 0 aromatic heterocycles. The first-order valence-electron chi connectivity index (χ1n) is 4.89. The van der Waals surface area contributed by atoms with Crippen molar-refractivity contribution in [2.24, 2.45) is 11.7 Å². The van der Waals surface area contributed by atoms with E-state index in [0.29, 0.717) is 12.4 Å². The van der Waals surface area contributed by atoms with Crippen molar-refractivity contribution in [2.75, 3.05) is 11.4 Å². The Kier molecular flexibility index (Phi) is 2.83. The van der Waals surface area contributed by atoms with Crippen LogP contribution in [-0.2, 0) is 15.5 Å². The summed E-state index contributed by atoms with van der Waals surface area (Å²) in [6.45, 7) is 0.361. The minimum atomic E-state index is -0.667. The average Bonchev–Trinajstić information content (AvgIpc) is 2.27. The van der Waals surface area contributed by atoms with Crippen LogP contribution in [0, 0.1) is 5.92 Å². The third-order valence-corrected chi connectivity index (χ3v) is 2.96. The molecule has 1 aromatic rings. The lowest BCUT2D eigenvalue weighted by Crippen LogP contribution is -2.57. The van der Waals surface area contributed by atoms with Gasteiger partial charge in [-0.15, -0.1) is 11.6 Å². The predicted octanol–water partition coefficient (Wildman–Crippen LogP) is 0.873. The van der Waals surface area contributed by atoms with Crippen LogP contribution < -0.4 is 10.6 Å². The Labute approximate surface area is 98.0 Å². The van der Waals surface area contributed by atoms with Gasteiger partial charge in [0.15, 0.2) is 0 Å². The number of hydrogen-bond acceptors (Lipinski definition) is 2. The first-order valence-corrected chi connectivity index (χ1v) is 5.42. The Morgan fingerprint density at radius 1 is 1.56 bits per heavy atom. The highest BCUT2D eigenvalue weighted by atomic mass is 35.5. The number of β-lactam (4-membered cyclic amide) rings is 1. The quantitative estimate of drug-likeness (QED) is 0.483. The monoisotopic (exact) mass is 238 g/mol. The second-order valence-corrected chi connectivity index (χ2v) is 3.97. The van der Waals surface area contributed by atoms with E-state index in [-0.39, 0.29) is 5.91 Å². The third-order valence-electron chi connectivity index (χ3n) is 2.65. The largest absolute Gasteiger partial charge is 0.369 e. The second-order valence-electron chi connectivity index (χ2n) is 3.71. The molecule has 16 heavy (non-hydrogen) atoms. The molecule has 1 heterocycles. The fourth-order valence-corrected chi connectivity index (χ4v) is 1.84. The lowest BCUT2D eigenvalue weighted by Gasteiger charge is -2.36. The molecule has 0 bridgehead atoms. The molecule has 4 nitrogen and oxygen atoms in total. The van der Waals surface area contributed by atoms with Crippen molar-refractivity contribution < 1.29 is 9.59 Å². The van der Waals surface area contributed by atoms with Crippen molar-refractivity contribution in [3.8, 4) is 0 Å². The number of anilines is 1. The van der Waals surface area contributed by atoms with Crippen molar-refractivity contribution in [3.05, 3.63) is 29.8 Å². The van der Waals surface area contributed by atoms with Crippen molar-refractivity contribution in [3.63, 3.8) is 0 Å². The smallest absolute Gasteiger partial charge is 0.241 e. The summed E-state index contributed by atoms with van der Waals surface area (Å²) >= 11 is 5.70. The molecular weight excluding hydrogens is 228 g/mol. The first kappa shape index (κ1) is 11.0. The molecule has 1 unspecified atom stereocenters. The molecule has 2 amide bonds. The number of carbonyl (C=O) groups is 2. The van der Waals surface area contributed by atoms with E-state index >= 15 is 0 Å². The van der Waals surface area contributed by atoms with Crippen LogP contribution >= 0.6 is 11.6 Å². The summed E-state index contributed by atoms with van der Waals surface area (Å²) in [5.41, 5.74) is 6.78. The standard InChI is InChI=1S/C11H11ClN2O2/c12-5-7-2-1-3-8(4-7)14-6-9(10(13)15)11(14)16/h1-4,9H,5-6H2,(H2,13,15). The van der Waals surface area contributed by atoms with E-state index in [9.17, 15) is 9.59 Å². The normalized spacial score (nSPS) is 19.4. The lowest BCUT2D eigenvalue weighted by atomic mass is 9.97. The molecule has 1 atom stereocenters. The van der Waals surface area contributed by atoms with Gasteiger partial charge in [-0.1, -0.05) is 12.1 Å². The second kappa shape index (κ2) is 4.14. The topological polar surface area (TPSA) is 63.4 Å². The molecule has 1 aliphatic rings. The molecule has 0 saturated carbocycles. The average molecular weight is 239 g/mol. The molecule has 2 N–H and O–H groups in total. The van der Waals surface area contributed by atoms with Gasteiger partial charge < -0.3 is 10.6 Å². The maximum atomic E-state index is 11.6. The molecule has 1 saturated heterocycles. The van der Waals surface area contributed by atoms with E-state index in [2.05, 4.69) is 0 Å². The van der Waals surface area contributed by atoms with Gasteiger partial charge in [-0.05, 0) is 17.7 Å². The minimum absolute atomic E-state index is 0.237. The van der Waals surface area contributed by atoms with E-state index in [0.717, 1.165) is 11.3 Å². The molecular formula is C11H11ClN2O2. The Bertz CT molecular complexity index is 447. The molecule has 1 fully saturated rings. The number of rotatable bonds is 3. The molecule has 5 heteroatoms.